The van der Waals surface area contributed by atoms with Crippen molar-refractivity contribution in [2.24, 2.45) is 0 Å². The number of hydrogen-bond acceptors (Lipinski definition) is 1. The molecule has 0 heterocycles. The zero-order valence-corrected chi connectivity index (χ0v) is 9.30. The van der Waals surface area contributed by atoms with Crippen LogP contribution in [0.15, 0.2) is 66.7 Å². The normalized spacial score (nSPS) is 10.0. The Kier molecular flexibility index (Phi) is 3.33. The highest BCUT2D eigenvalue weighted by Crippen LogP contribution is 2.29. The van der Waals surface area contributed by atoms with Crippen LogP contribution in [0.3, 0.4) is 0 Å². The molecular weight excluding hydrogens is 220 g/mol. The molecule has 0 amide bonds. The maximum atomic E-state index is 9.32. The molecule has 0 saturated heterocycles. The van der Waals surface area contributed by atoms with Crippen LogP contribution >= 0.6 is 0 Å². The molecule has 0 aliphatic carbocycles. The number of phenols is 1. The number of hydrogen-bond donors (Lipinski definition) is 1. The first kappa shape index (κ1) is 12.2. The van der Waals surface area contributed by atoms with Gasteiger partial charge in [0.25, 0.3) is 0 Å². The Morgan fingerprint density at radius 2 is 1.33 bits per heavy atom. The quantitative estimate of drug-likeness (QED) is 0.640. The molecule has 3 aromatic carbocycles. The van der Waals surface area contributed by atoms with Crippen LogP contribution in [0.4, 0.5) is 0 Å². The summed E-state index contributed by atoms with van der Waals surface area (Å²) in [5, 5.41) is 11.8. The lowest BCUT2D eigenvalue weighted by molar-refractivity contribution is 0.475. The van der Waals surface area contributed by atoms with Crippen LogP contribution in [0.25, 0.3) is 21.9 Å². The lowest BCUT2D eigenvalue weighted by Crippen LogP contribution is -1.80. The van der Waals surface area contributed by atoms with Crippen molar-refractivity contribution in [3.05, 3.63) is 66.7 Å². The second kappa shape index (κ2) is 4.92. The molecule has 0 bridgehead atoms. The molecule has 18 heavy (non-hydrogen) atoms. The molecule has 0 aliphatic heterocycles. The highest BCUT2D eigenvalue weighted by atomic mass is 16.3. The van der Waals surface area contributed by atoms with Gasteiger partial charge in [0.1, 0.15) is 5.75 Å². The summed E-state index contributed by atoms with van der Waals surface area (Å²) in [4.78, 5) is 0. The maximum Gasteiger partial charge on any atom is 0.115 e. The second-order valence-electron chi connectivity index (χ2n) is 4.07. The average molecular weight is 236 g/mol. The molecule has 3 aromatic rings. The third-order valence-electron chi connectivity index (χ3n) is 2.97. The van der Waals surface area contributed by atoms with Crippen molar-refractivity contribution in [1.29, 1.82) is 0 Å². The first-order valence-electron chi connectivity index (χ1n) is 5.62. The van der Waals surface area contributed by atoms with Crippen LogP contribution in [0, 0.1) is 0 Å². The lowest BCUT2D eigenvalue weighted by atomic mass is 9.98. The summed E-state index contributed by atoms with van der Waals surface area (Å²) in [6.07, 6.45) is 0. The van der Waals surface area contributed by atoms with E-state index in [0.29, 0.717) is 5.75 Å². The minimum absolute atomic E-state index is 0. The van der Waals surface area contributed by atoms with Crippen molar-refractivity contribution < 1.29 is 5.11 Å². The van der Waals surface area contributed by atoms with Crippen molar-refractivity contribution in [2.45, 2.75) is 7.43 Å². The van der Waals surface area contributed by atoms with Gasteiger partial charge in [-0.1, -0.05) is 62.0 Å². The van der Waals surface area contributed by atoms with Gasteiger partial charge in [0, 0.05) is 0 Å². The minimum Gasteiger partial charge on any atom is -0.508 e. The smallest absolute Gasteiger partial charge is 0.115 e. The van der Waals surface area contributed by atoms with Gasteiger partial charge < -0.3 is 5.11 Å². The highest BCUT2D eigenvalue weighted by Gasteiger charge is 2.02. The molecule has 0 aliphatic rings. The topological polar surface area (TPSA) is 20.2 Å². The van der Waals surface area contributed by atoms with Crippen molar-refractivity contribution in [3.63, 3.8) is 0 Å². The van der Waals surface area contributed by atoms with Crippen LogP contribution in [-0.4, -0.2) is 5.11 Å². The third kappa shape index (κ3) is 2.07. The number of fused-ring (bicyclic) bond motifs is 1. The minimum atomic E-state index is 0. The SMILES string of the molecule is C.Oc1ccc(-c2cccc3ccccc23)cc1. The van der Waals surface area contributed by atoms with Gasteiger partial charge in [-0.25, -0.2) is 0 Å². The van der Waals surface area contributed by atoms with Crippen molar-refractivity contribution in [2.75, 3.05) is 0 Å². The zero-order valence-electron chi connectivity index (χ0n) is 9.30. The van der Waals surface area contributed by atoms with Crippen LogP contribution < -0.4 is 0 Å². The summed E-state index contributed by atoms with van der Waals surface area (Å²) in [7, 11) is 0. The van der Waals surface area contributed by atoms with Gasteiger partial charge in [0.15, 0.2) is 0 Å². The third-order valence-corrected chi connectivity index (χ3v) is 2.97. The molecule has 0 spiro atoms. The van der Waals surface area contributed by atoms with E-state index >= 15 is 0 Å². The summed E-state index contributed by atoms with van der Waals surface area (Å²) in [5.41, 5.74) is 2.32. The largest absolute Gasteiger partial charge is 0.508 e. The maximum absolute atomic E-state index is 9.32. The predicted molar refractivity (Wildman–Crippen MR) is 77.8 cm³/mol. The standard InChI is InChI=1S/C16H12O.CH4/c17-14-10-8-13(9-11-14)16-7-3-5-12-4-1-2-6-15(12)16;/h1-11,17H;1H4. The summed E-state index contributed by atoms with van der Waals surface area (Å²) < 4.78 is 0. The molecule has 0 saturated carbocycles. The van der Waals surface area contributed by atoms with E-state index in [1.165, 1.54) is 16.3 Å². The summed E-state index contributed by atoms with van der Waals surface area (Å²) >= 11 is 0. The van der Waals surface area contributed by atoms with Crippen LogP contribution in [0.2, 0.25) is 0 Å². The zero-order chi connectivity index (χ0) is 11.7. The van der Waals surface area contributed by atoms with Gasteiger partial charge in [-0.2, -0.15) is 0 Å². The Morgan fingerprint density at radius 3 is 2.11 bits per heavy atom. The Hall–Kier alpha value is -2.28. The fourth-order valence-electron chi connectivity index (χ4n) is 2.12. The fraction of sp³-hybridized carbons (Fsp3) is 0.0588. The van der Waals surface area contributed by atoms with Crippen LogP contribution in [0.5, 0.6) is 5.75 Å². The molecule has 1 heteroatoms. The molecule has 0 radical (unpaired) electrons. The van der Waals surface area contributed by atoms with Gasteiger partial charge in [-0.3, -0.25) is 0 Å². The average Bonchev–Trinajstić information content (AvgIpc) is 2.39. The van der Waals surface area contributed by atoms with E-state index in [9.17, 15) is 5.11 Å². The van der Waals surface area contributed by atoms with E-state index in [4.69, 9.17) is 0 Å². The van der Waals surface area contributed by atoms with E-state index < -0.39 is 0 Å². The van der Waals surface area contributed by atoms with E-state index in [-0.39, 0.29) is 7.43 Å². The van der Waals surface area contributed by atoms with Gasteiger partial charge in [-0.05, 0) is 34.0 Å². The monoisotopic (exact) mass is 236 g/mol. The Balaban J connectivity index is 0.00000120. The molecule has 1 N–H and O–H groups in total. The van der Waals surface area contributed by atoms with Gasteiger partial charge in [0.05, 0.1) is 0 Å². The summed E-state index contributed by atoms with van der Waals surface area (Å²) in [5.74, 6) is 0.300. The van der Waals surface area contributed by atoms with Gasteiger partial charge in [0.2, 0.25) is 0 Å². The predicted octanol–water partition coefficient (Wildman–Crippen LogP) is 4.85. The Bertz CT molecular complexity index is 649. The lowest BCUT2D eigenvalue weighted by Gasteiger charge is -2.06. The van der Waals surface area contributed by atoms with Crippen molar-refractivity contribution in [3.8, 4) is 16.9 Å². The summed E-state index contributed by atoms with van der Waals surface area (Å²) in [6, 6.07) is 21.9. The molecule has 3 rings (SSSR count). The van der Waals surface area contributed by atoms with Gasteiger partial charge >= 0.3 is 0 Å². The van der Waals surface area contributed by atoms with Crippen molar-refractivity contribution >= 4 is 10.8 Å². The fourth-order valence-corrected chi connectivity index (χ4v) is 2.12. The van der Waals surface area contributed by atoms with Crippen molar-refractivity contribution in [1.82, 2.24) is 0 Å². The number of phenolic OH excluding ortho intramolecular Hbond substituents is 1. The van der Waals surface area contributed by atoms with E-state index in [1.807, 2.05) is 24.3 Å². The summed E-state index contributed by atoms with van der Waals surface area (Å²) in [6.45, 7) is 0. The highest BCUT2D eigenvalue weighted by molar-refractivity contribution is 5.96. The van der Waals surface area contributed by atoms with E-state index in [1.54, 1.807) is 12.1 Å². The first-order chi connectivity index (χ1) is 8.34. The number of rotatable bonds is 1. The molecule has 1 nitrogen and oxygen atoms in total. The first-order valence-corrected chi connectivity index (χ1v) is 5.62. The Labute approximate surface area is 107 Å². The second-order valence-corrected chi connectivity index (χ2v) is 4.07. The molecule has 90 valence electrons. The van der Waals surface area contributed by atoms with E-state index in [0.717, 1.165) is 5.56 Å². The number of aromatic hydroxyl groups is 1. The van der Waals surface area contributed by atoms with Crippen LogP contribution in [0.1, 0.15) is 7.43 Å². The van der Waals surface area contributed by atoms with E-state index in [2.05, 4.69) is 30.3 Å². The molecule has 0 unspecified atom stereocenters. The van der Waals surface area contributed by atoms with Crippen LogP contribution in [-0.2, 0) is 0 Å². The molecule has 0 atom stereocenters. The molecule has 0 aromatic heterocycles. The molecular formula is C17H16O. The molecule has 0 fully saturated rings. The number of benzene rings is 3. The van der Waals surface area contributed by atoms with Gasteiger partial charge in [-0.15, -0.1) is 0 Å². The Morgan fingerprint density at radius 1 is 0.667 bits per heavy atom.